The first-order chi connectivity index (χ1) is 15.2. The van der Waals surface area contributed by atoms with Crippen LogP contribution in [0, 0.1) is 0 Å². The highest BCUT2D eigenvalue weighted by atomic mass is 32.2. The number of carbonyl (C=O) groups is 2. The van der Waals surface area contributed by atoms with E-state index in [0.717, 1.165) is 15.7 Å². The van der Waals surface area contributed by atoms with Gasteiger partial charge < -0.3 is 4.90 Å². The maximum Gasteiger partial charge on any atom is 0.268 e. The minimum absolute atomic E-state index is 0.102. The minimum Gasteiger partial charge on any atom is -0.378 e. The summed E-state index contributed by atoms with van der Waals surface area (Å²) in [5.74, 6) is -1.38. The first-order valence-corrected chi connectivity index (χ1v) is 11.8. The Morgan fingerprint density at radius 3 is 2.03 bits per heavy atom. The average molecular weight is 451 g/mol. The van der Waals surface area contributed by atoms with Crippen LogP contribution in [0.25, 0.3) is 17.2 Å². The van der Waals surface area contributed by atoms with Crippen LogP contribution in [0.1, 0.15) is 36.3 Å². The molecule has 0 radical (unpaired) electrons. The Balaban J connectivity index is 0.000000913. The van der Waals surface area contributed by atoms with Crippen LogP contribution in [0.2, 0.25) is 0 Å². The van der Waals surface area contributed by atoms with Gasteiger partial charge in [0.2, 0.25) is 11.6 Å². The molecule has 0 saturated heterocycles. The predicted octanol–water partition coefficient (Wildman–Crippen LogP) is 4.65. The molecule has 0 N–H and O–H groups in total. The molecular formula is C25H26N2O4S. The maximum absolute atomic E-state index is 13.2. The summed E-state index contributed by atoms with van der Waals surface area (Å²) in [4.78, 5) is 26.7. The van der Waals surface area contributed by atoms with Gasteiger partial charge in [-0.25, -0.2) is 12.4 Å². The van der Waals surface area contributed by atoms with Gasteiger partial charge in [0.05, 0.1) is 16.2 Å². The maximum atomic E-state index is 13.2. The Hall–Kier alpha value is -3.45. The third-order valence-corrected chi connectivity index (χ3v) is 6.54. The smallest absolute Gasteiger partial charge is 0.268 e. The normalized spacial score (nSPS) is 12.8. The third kappa shape index (κ3) is 4.29. The number of aromatic nitrogens is 1. The second kappa shape index (κ2) is 9.36. The molecule has 0 spiro atoms. The van der Waals surface area contributed by atoms with E-state index in [9.17, 15) is 18.0 Å². The van der Waals surface area contributed by atoms with Gasteiger partial charge in [0.25, 0.3) is 10.0 Å². The topological polar surface area (TPSA) is 76.5 Å². The first-order valence-electron chi connectivity index (χ1n) is 10.3. The number of carbonyl (C=O) groups excluding carboxylic acids is 2. The lowest BCUT2D eigenvalue weighted by molar-refractivity contribution is -0.110. The van der Waals surface area contributed by atoms with E-state index in [4.69, 9.17) is 0 Å². The number of fused-ring (bicyclic) bond motifs is 1. The van der Waals surface area contributed by atoms with Gasteiger partial charge in [0.15, 0.2) is 0 Å². The lowest BCUT2D eigenvalue weighted by Crippen LogP contribution is -2.19. The Morgan fingerprint density at radius 2 is 1.47 bits per heavy atom. The van der Waals surface area contributed by atoms with Crippen molar-refractivity contribution in [2.45, 2.75) is 25.2 Å². The molecule has 6 nitrogen and oxygen atoms in total. The summed E-state index contributed by atoms with van der Waals surface area (Å²) in [6, 6.07) is 15.3. The zero-order valence-electron chi connectivity index (χ0n) is 18.6. The SMILES string of the molecule is CCC.CN(C)c1ccc(-c2cn(S(=O)(=O)c3ccccc3)c3c2C(=O)C(=O)C=C3)cc1. The number of hydrogen-bond donors (Lipinski definition) is 0. The van der Waals surface area contributed by atoms with E-state index in [1.165, 1.54) is 30.8 Å². The van der Waals surface area contributed by atoms with Crippen LogP contribution in [-0.4, -0.2) is 38.1 Å². The van der Waals surface area contributed by atoms with Crippen molar-refractivity contribution in [3.05, 3.63) is 78.1 Å². The number of benzene rings is 2. The number of nitrogens with zero attached hydrogens (tertiary/aromatic N) is 2. The van der Waals surface area contributed by atoms with Crippen molar-refractivity contribution < 1.29 is 18.0 Å². The zero-order valence-corrected chi connectivity index (χ0v) is 19.4. The molecule has 2 aromatic carbocycles. The molecule has 0 amide bonds. The lowest BCUT2D eigenvalue weighted by Gasteiger charge is -2.13. The standard InChI is InChI=1S/C22H18N2O4S.C3H8/c1-23(2)16-10-8-15(9-11-16)18-14-24(19-12-13-20(25)22(26)21(18)19)29(27,28)17-6-4-3-5-7-17;1-3-2/h3-14H,1-2H3;3H2,1-2H3. The molecule has 1 aliphatic rings. The molecule has 3 aromatic rings. The van der Waals surface area contributed by atoms with Crippen molar-refractivity contribution in [3.63, 3.8) is 0 Å². The van der Waals surface area contributed by atoms with Crippen molar-refractivity contribution in [2.75, 3.05) is 19.0 Å². The number of ketones is 2. The van der Waals surface area contributed by atoms with E-state index in [-0.39, 0.29) is 16.2 Å². The van der Waals surface area contributed by atoms with Crippen LogP contribution in [0.5, 0.6) is 0 Å². The van der Waals surface area contributed by atoms with E-state index in [1.54, 1.807) is 30.3 Å². The molecule has 1 aromatic heterocycles. The van der Waals surface area contributed by atoms with Gasteiger partial charge in [0.1, 0.15) is 0 Å². The summed E-state index contributed by atoms with van der Waals surface area (Å²) in [7, 11) is -0.117. The predicted molar refractivity (Wildman–Crippen MR) is 128 cm³/mol. The molecule has 0 saturated carbocycles. The molecule has 1 aliphatic carbocycles. The van der Waals surface area contributed by atoms with E-state index in [1.807, 2.05) is 31.1 Å². The highest BCUT2D eigenvalue weighted by Crippen LogP contribution is 2.35. The average Bonchev–Trinajstić information content (AvgIpc) is 3.19. The van der Waals surface area contributed by atoms with E-state index < -0.39 is 21.6 Å². The quantitative estimate of drug-likeness (QED) is 0.541. The van der Waals surface area contributed by atoms with Crippen molar-refractivity contribution in [2.24, 2.45) is 0 Å². The number of allylic oxidation sites excluding steroid dienone is 1. The van der Waals surface area contributed by atoms with Gasteiger partial charge in [0, 0.05) is 31.5 Å². The molecule has 4 rings (SSSR count). The molecule has 0 atom stereocenters. The largest absolute Gasteiger partial charge is 0.378 e. The number of Topliss-reactive ketones (excluding diaryl/α,β-unsaturated/α-hetero) is 1. The Labute approximate surface area is 188 Å². The minimum atomic E-state index is -3.94. The van der Waals surface area contributed by atoms with E-state index in [2.05, 4.69) is 13.8 Å². The van der Waals surface area contributed by atoms with Gasteiger partial charge in [-0.1, -0.05) is 50.6 Å². The second-order valence-electron chi connectivity index (χ2n) is 7.59. The highest BCUT2D eigenvalue weighted by molar-refractivity contribution is 7.90. The Bertz CT molecular complexity index is 1270. The molecule has 166 valence electrons. The fraction of sp³-hybridized carbons (Fsp3) is 0.200. The fourth-order valence-electron chi connectivity index (χ4n) is 3.31. The Kier molecular flexibility index (Phi) is 6.79. The summed E-state index contributed by atoms with van der Waals surface area (Å²) in [5, 5.41) is 0. The summed E-state index contributed by atoms with van der Waals surface area (Å²) in [6.45, 7) is 4.25. The van der Waals surface area contributed by atoms with E-state index >= 15 is 0 Å². The summed E-state index contributed by atoms with van der Waals surface area (Å²) >= 11 is 0. The molecule has 0 bridgehead atoms. The van der Waals surface area contributed by atoms with Crippen LogP contribution in [0.15, 0.2) is 71.8 Å². The zero-order chi connectivity index (χ0) is 23.5. The third-order valence-electron chi connectivity index (χ3n) is 4.85. The van der Waals surface area contributed by atoms with Gasteiger partial charge in [-0.05, 0) is 42.0 Å². The van der Waals surface area contributed by atoms with Crippen LogP contribution in [-0.2, 0) is 14.8 Å². The molecule has 0 aliphatic heterocycles. The van der Waals surface area contributed by atoms with Crippen LogP contribution >= 0.6 is 0 Å². The fourth-order valence-corrected chi connectivity index (χ4v) is 4.69. The molecule has 32 heavy (non-hydrogen) atoms. The van der Waals surface area contributed by atoms with Crippen LogP contribution in [0.4, 0.5) is 5.69 Å². The summed E-state index contributed by atoms with van der Waals surface area (Å²) in [5.41, 5.74) is 2.32. The second-order valence-corrected chi connectivity index (χ2v) is 9.41. The van der Waals surface area contributed by atoms with Crippen molar-refractivity contribution in [1.82, 2.24) is 3.97 Å². The summed E-state index contributed by atoms with van der Waals surface area (Å²) < 4.78 is 27.5. The molecular weight excluding hydrogens is 424 g/mol. The summed E-state index contributed by atoms with van der Waals surface area (Å²) in [6.07, 6.45) is 5.16. The Morgan fingerprint density at radius 1 is 0.875 bits per heavy atom. The van der Waals surface area contributed by atoms with Crippen LogP contribution in [0.3, 0.4) is 0 Å². The van der Waals surface area contributed by atoms with Gasteiger partial charge in [-0.3, -0.25) is 9.59 Å². The van der Waals surface area contributed by atoms with E-state index in [0.29, 0.717) is 11.1 Å². The van der Waals surface area contributed by atoms with Crippen LogP contribution < -0.4 is 4.90 Å². The first kappa shape index (κ1) is 23.2. The van der Waals surface area contributed by atoms with Crippen molar-refractivity contribution in [1.29, 1.82) is 0 Å². The van der Waals surface area contributed by atoms with Crippen molar-refractivity contribution in [3.8, 4) is 11.1 Å². The number of anilines is 1. The molecule has 0 unspecified atom stereocenters. The number of hydrogen-bond acceptors (Lipinski definition) is 5. The molecule has 0 fully saturated rings. The lowest BCUT2D eigenvalue weighted by atomic mass is 9.94. The molecule has 7 heteroatoms. The van der Waals surface area contributed by atoms with Crippen molar-refractivity contribution >= 4 is 33.4 Å². The number of rotatable bonds is 4. The molecule has 1 heterocycles. The van der Waals surface area contributed by atoms with Gasteiger partial charge in [-0.2, -0.15) is 0 Å². The van der Waals surface area contributed by atoms with Gasteiger partial charge >= 0.3 is 0 Å². The highest BCUT2D eigenvalue weighted by Gasteiger charge is 2.32. The monoisotopic (exact) mass is 450 g/mol. The van der Waals surface area contributed by atoms with Gasteiger partial charge in [-0.15, -0.1) is 0 Å².